The van der Waals surface area contributed by atoms with E-state index in [9.17, 15) is 4.79 Å². The maximum atomic E-state index is 12.1. The van der Waals surface area contributed by atoms with E-state index >= 15 is 0 Å². The van der Waals surface area contributed by atoms with Crippen molar-refractivity contribution in [3.8, 4) is 5.75 Å². The van der Waals surface area contributed by atoms with Gasteiger partial charge in [0.05, 0.1) is 23.4 Å². The number of ether oxygens (including phenoxy) is 1. The summed E-state index contributed by atoms with van der Waals surface area (Å²) in [6, 6.07) is 7.12. The lowest BCUT2D eigenvalue weighted by Crippen LogP contribution is -2.12. The molecule has 0 spiro atoms. The maximum Gasteiger partial charge on any atom is 0.187 e. The van der Waals surface area contributed by atoms with Crippen molar-refractivity contribution in [1.29, 1.82) is 0 Å². The summed E-state index contributed by atoms with van der Waals surface area (Å²) in [5.74, 6) is 0.504. The Balaban J connectivity index is 2.22. The first-order chi connectivity index (χ1) is 8.61. The van der Waals surface area contributed by atoms with Gasteiger partial charge in [-0.05, 0) is 19.1 Å². The summed E-state index contributed by atoms with van der Waals surface area (Å²) in [7, 11) is 1.54. The van der Waals surface area contributed by atoms with Crippen LogP contribution < -0.4 is 4.74 Å². The largest absolute Gasteiger partial charge is 0.496 e. The Labute approximate surface area is 110 Å². The SMILES string of the molecule is COc1ccccc1C(=O)Cn1cc(Cl)c(C)n1. The van der Waals surface area contributed by atoms with E-state index in [4.69, 9.17) is 16.3 Å². The lowest BCUT2D eigenvalue weighted by molar-refractivity contribution is 0.0964. The molecule has 0 aliphatic heterocycles. The van der Waals surface area contributed by atoms with E-state index in [0.29, 0.717) is 22.0 Å². The second-order valence-electron chi connectivity index (χ2n) is 3.88. The van der Waals surface area contributed by atoms with Gasteiger partial charge in [0.1, 0.15) is 12.3 Å². The molecule has 0 fully saturated rings. The Bertz CT molecular complexity index is 559. The molecule has 0 aliphatic rings. The first kappa shape index (κ1) is 12.6. The van der Waals surface area contributed by atoms with Gasteiger partial charge < -0.3 is 4.74 Å². The fourth-order valence-electron chi connectivity index (χ4n) is 1.68. The van der Waals surface area contributed by atoms with E-state index in [1.165, 1.54) is 4.68 Å². The van der Waals surface area contributed by atoms with Gasteiger partial charge in [0, 0.05) is 6.20 Å². The minimum absolute atomic E-state index is 0.0633. The summed E-state index contributed by atoms with van der Waals surface area (Å²) >= 11 is 5.90. The molecule has 0 atom stereocenters. The van der Waals surface area contributed by atoms with Crippen molar-refractivity contribution in [2.24, 2.45) is 0 Å². The van der Waals surface area contributed by atoms with Crippen molar-refractivity contribution < 1.29 is 9.53 Å². The van der Waals surface area contributed by atoms with Gasteiger partial charge in [-0.3, -0.25) is 9.48 Å². The molecule has 0 saturated carbocycles. The van der Waals surface area contributed by atoms with E-state index < -0.39 is 0 Å². The molecule has 0 bridgehead atoms. The second kappa shape index (κ2) is 5.23. The number of ketones is 1. The van der Waals surface area contributed by atoms with Crippen molar-refractivity contribution in [2.75, 3.05) is 7.11 Å². The second-order valence-corrected chi connectivity index (χ2v) is 4.29. The molecule has 1 aromatic carbocycles. The topological polar surface area (TPSA) is 44.1 Å². The van der Waals surface area contributed by atoms with Gasteiger partial charge in [-0.2, -0.15) is 5.10 Å². The smallest absolute Gasteiger partial charge is 0.187 e. The summed E-state index contributed by atoms with van der Waals surface area (Å²) in [6.07, 6.45) is 1.64. The zero-order chi connectivity index (χ0) is 13.1. The number of benzene rings is 1. The molecule has 0 radical (unpaired) electrons. The quantitative estimate of drug-likeness (QED) is 0.798. The molecule has 0 amide bonds. The third-order valence-electron chi connectivity index (χ3n) is 2.60. The van der Waals surface area contributed by atoms with Crippen LogP contribution in [0, 0.1) is 6.92 Å². The van der Waals surface area contributed by atoms with Crippen molar-refractivity contribution >= 4 is 17.4 Å². The Morgan fingerprint density at radius 2 is 2.17 bits per heavy atom. The van der Waals surface area contributed by atoms with Gasteiger partial charge in [0.25, 0.3) is 0 Å². The predicted molar refractivity (Wildman–Crippen MR) is 69.3 cm³/mol. The molecule has 2 rings (SSSR count). The zero-order valence-electron chi connectivity index (χ0n) is 10.2. The molecule has 1 aromatic heterocycles. The fraction of sp³-hybridized carbons (Fsp3) is 0.231. The Hall–Kier alpha value is -1.81. The van der Waals surface area contributed by atoms with Gasteiger partial charge in [-0.15, -0.1) is 0 Å². The number of Topliss-reactive ketones (excluding diaryl/α,β-unsaturated/α-hetero) is 1. The number of halogens is 1. The van der Waals surface area contributed by atoms with Gasteiger partial charge in [-0.25, -0.2) is 0 Å². The van der Waals surface area contributed by atoms with Crippen molar-refractivity contribution in [1.82, 2.24) is 9.78 Å². The Kier molecular flexibility index (Phi) is 3.67. The van der Waals surface area contributed by atoms with Crippen molar-refractivity contribution in [2.45, 2.75) is 13.5 Å². The number of methoxy groups -OCH3 is 1. The van der Waals surface area contributed by atoms with Crippen LogP contribution in [0.3, 0.4) is 0 Å². The lowest BCUT2D eigenvalue weighted by atomic mass is 10.1. The number of carbonyl (C=O) groups is 1. The molecule has 0 N–H and O–H groups in total. The molecule has 0 unspecified atom stereocenters. The standard InChI is InChI=1S/C13H13ClN2O2/c1-9-11(14)7-16(15-9)8-12(17)10-5-3-4-6-13(10)18-2/h3-7H,8H2,1-2H3. The maximum absolute atomic E-state index is 12.1. The molecule has 1 heterocycles. The molecule has 0 saturated heterocycles. The number of aryl methyl sites for hydroxylation is 1. The normalized spacial score (nSPS) is 10.4. The monoisotopic (exact) mass is 264 g/mol. The van der Waals surface area contributed by atoms with Gasteiger partial charge in [-0.1, -0.05) is 23.7 Å². The summed E-state index contributed by atoms with van der Waals surface area (Å²) in [5.41, 5.74) is 1.26. The van der Waals surface area contributed by atoms with E-state index in [1.807, 2.05) is 6.07 Å². The highest BCUT2D eigenvalue weighted by molar-refractivity contribution is 6.31. The highest BCUT2D eigenvalue weighted by Crippen LogP contribution is 2.19. The van der Waals surface area contributed by atoms with Crippen LogP contribution in [0.1, 0.15) is 16.1 Å². The molecule has 2 aromatic rings. The first-order valence-electron chi connectivity index (χ1n) is 5.47. The van der Waals surface area contributed by atoms with Crippen LogP contribution in [-0.4, -0.2) is 22.7 Å². The number of para-hydroxylation sites is 1. The molecular formula is C13H13ClN2O2. The van der Waals surface area contributed by atoms with E-state index in [2.05, 4.69) is 5.10 Å². The summed E-state index contributed by atoms with van der Waals surface area (Å²) < 4.78 is 6.69. The highest BCUT2D eigenvalue weighted by Gasteiger charge is 2.13. The molecule has 18 heavy (non-hydrogen) atoms. The summed E-state index contributed by atoms with van der Waals surface area (Å²) in [4.78, 5) is 12.1. The lowest BCUT2D eigenvalue weighted by Gasteiger charge is -2.07. The third kappa shape index (κ3) is 2.54. The van der Waals surface area contributed by atoms with E-state index in [-0.39, 0.29) is 12.3 Å². The summed E-state index contributed by atoms with van der Waals surface area (Å²) in [5, 5.41) is 4.71. The first-order valence-corrected chi connectivity index (χ1v) is 5.85. The van der Waals surface area contributed by atoms with Gasteiger partial charge >= 0.3 is 0 Å². The Morgan fingerprint density at radius 1 is 1.44 bits per heavy atom. The minimum Gasteiger partial charge on any atom is -0.496 e. The molecule has 5 heteroatoms. The number of nitrogens with zero attached hydrogens (tertiary/aromatic N) is 2. The van der Waals surface area contributed by atoms with Crippen LogP contribution in [0.25, 0.3) is 0 Å². The average Bonchev–Trinajstić information content (AvgIpc) is 2.68. The third-order valence-corrected chi connectivity index (χ3v) is 2.97. The summed E-state index contributed by atoms with van der Waals surface area (Å²) in [6.45, 7) is 1.94. The van der Waals surface area contributed by atoms with Crippen LogP contribution >= 0.6 is 11.6 Å². The van der Waals surface area contributed by atoms with Gasteiger partial charge in [0.2, 0.25) is 0 Å². The number of hydrogen-bond donors (Lipinski definition) is 0. The van der Waals surface area contributed by atoms with Crippen LogP contribution in [0.4, 0.5) is 0 Å². The number of carbonyl (C=O) groups excluding carboxylic acids is 1. The van der Waals surface area contributed by atoms with E-state index in [1.54, 1.807) is 38.4 Å². The molecule has 4 nitrogen and oxygen atoms in total. The highest BCUT2D eigenvalue weighted by atomic mass is 35.5. The van der Waals surface area contributed by atoms with Gasteiger partial charge in [0.15, 0.2) is 5.78 Å². The zero-order valence-corrected chi connectivity index (χ0v) is 10.9. The van der Waals surface area contributed by atoms with Crippen LogP contribution in [0.2, 0.25) is 5.02 Å². The Morgan fingerprint density at radius 3 is 2.78 bits per heavy atom. The number of aromatic nitrogens is 2. The van der Waals surface area contributed by atoms with Crippen molar-refractivity contribution in [3.63, 3.8) is 0 Å². The fourth-order valence-corrected chi connectivity index (χ4v) is 1.83. The van der Waals surface area contributed by atoms with Crippen LogP contribution in [0.15, 0.2) is 30.5 Å². The molecule has 0 aliphatic carbocycles. The van der Waals surface area contributed by atoms with Crippen molar-refractivity contribution in [3.05, 3.63) is 46.7 Å². The predicted octanol–water partition coefficient (Wildman–Crippen LogP) is 2.74. The molecular weight excluding hydrogens is 252 g/mol. The number of hydrogen-bond acceptors (Lipinski definition) is 3. The minimum atomic E-state index is -0.0633. The molecule has 94 valence electrons. The van der Waals surface area contributed by atoms with Crippen LogP contribution in [-0.2, 0) is 6.54 Å². The average molecular weight is 265 g/mol. The van der Waals surface area contributed by atoms with E-state index in [0.717, 1.165) is 0 Å². The van der Waals surface area contributed by atoms with Crippen LogP contribution in [0.5, 0.6) is 5.75 Å². The number of rotatable bonds is 4.